The van der Waals surface area contributed by atoms with Gasteiger partial charge in [0.15, 0.2) is 0 Å². The predicted octanol–water partition coefficient (Wildman–Crippen LogP) is 3.99. The van der Waals surface area contributed by atoms with Crippen molar-refractivity contribution >= 4 is 5.69 Å². The monoisotopic (exact) mass is 233 g/mol. The number of hydrogen-bond donors (Lipinski definition) is 1. The minimum atomic E-state index is 0.606. The molecular weight excluding hydrogens is 210 g/mol. The van der Waals surface area contributed by atoms with Gasteiger partial charge in [-0.2, -0.15) is 0 Å². The number of aryl methyl sites for hydroxylation is 1. The van der Waals surface area contributed by atoms with Gasteiger partial charge in [0.05, 0.1) is 12.8 Å². The molecule has 1 fully saturated rings. The molecule has 94 valence electrons. The molecule has 0 spiro atoms. The summed E-state index contributed by atoms with van der Waals surface area (Å²) in [6, 6.07) is 6.92. The van der Waals surface area contributed by atoms with Crippen molar-refractivity contribution in [3.63, 3.8) is 0 Å². The Morgan fingerprint density at radius 3 is 2.82 bits per heavy atom. The normalized spacial score (nSPS) is 24.4. The minimum Gasteiger partial charge on any atom is -0.495 e. The second kappa shape index (κ2) is 5.44. The van der Waals surface area contributed by atoms with Gasteiger partial charge in [-0.25, -0.2) is 0 Å². The molecule has 0 radical (unpaired) electrons. The lowest BCUT2D eigenvalue weighted by molar-refractivity contribution is 0.357. The Balaban J connectivity index is 2.08. The van der Waals surface area contributed by atoms with Crippen molar-refractivity contribution in [3.8, 4) is 5.75 Å². The summed E-state index contributed by atoms with van der Waals surface area (Å²) in [7, 11) is 1.74. The standard InChI is InChI=1S/C15H23NO/c1-11-5-4-6-13(9-11)16-14-10-12(2)7-8-15(14)17-3/h7-8,10-11,13,16H,4-6,9H2,1-3H3. The summed E-state index contributed by atoms with van der Waals surface area (Å²) in [6.45, 7) is 4.47. The summed E-state index contributed by atoms with van der Waals surface area (Å²) in [4.78, 5) is 0. The summed E-state index contributed by atoms with van der Waals surface area (Å²) in [5, 5.41) is 3.65. The first-order chi connectivity index (χ1) is 8.19. The topological polar surface area (TPSA) is 21.3 Å². The van der Waals surface area contributed by atoms with E-state index in [9.17, 15) is 0 Å². The summed E-state index contributed by atoms with van der Waals surface area (Å²) < 4.78 is 5.41. The van der Waals surface area contributed by atoms with Crippen LogP contribution < -0.4 is 10.1 Å². The second-order valence-electron chi connectivity index (χ2n) is 5.32. The lowest BCUT2D eigenvalue weighted by Gasteiger charge is -2.29. The first-order valence-electron chi connectivity index (χ1n) is 6.60. The van der Waals surface area contributed by atoms with Gasteiger partial charge in [-0.1, -0.05) is 25.8 Å². The zero-order valence-corrected chi connectivity index (χ0v) is 11.1. The van der Waals surface area contributed by atoms with Gasteiger partial charge in [0.1, 0.15) is 5.75 Å². The average Bonchev–Trinajstić information content (AvgIpc) is 2.29. The fourth-order valence-electron chi connectivity index (χ4n) is 2.72. The molecule has 0 bridgehead atoms. The molecule has 1 aromatic carbocycles. The number of nitrogens with one attached hydrogen (secondary N) is 1. The summed E-state index contributed by atoms with van der Waals surface area (Å²) in [5.74, 6) is 1.80. The van der Waals surface area contributed by atoms with Crippen LogP contribution in [0.5, 0.6) is 5.75 Å². The van der Waals surface area contributed by atoms with Gasteiger partial charge in [-0.15, -0.1) is 0 Å². The molecule has 1 aliphatic carbocycles. The van der Waals surface area contributed by atoms with Crippen molar-refractivity contribution in [1.82, 2.24) is 0 Å². The van der Waals surface area contributed by atoms with Crippen molar-refractivity contribution < 1.29 is 4.74 Å². The van der Waals surface area contributed by atoms with Crippen LogP contribution in [0, 0.1) is 12.8 Å². The van der Waals surface area contributed by atoms with E-state index in [1.807, 2.05) is 6.07 Å². The minimum absolute atomic E-state index is 0.606. The van der Waals surface area contributed by atoms with Crippen LogP contribution in [0.1, 0.15) is 38.2 Å². The Labute approximate surface area is 104 Å². The first-order valence-corrected chi connectivity index (χ1v) is 6.60. The van der Waals surface area contributed by atoms with Crippen LogP contribution in [-0.4, -0.2) is 13.2 Å². The van der Waals surface area contributed by atoms with Crippen LogP contribution in [0.2, 0.25) is 0 Å². The Kier molecular flexibility index (Phi) is 3.93. The van der Waals surface area contributed by atoms with Crippen molar-refractivity contribution in [1.29, 1.82) is 0 Å². The lowest BCUT2D eigenvalue weighted by atomic mass is 9.87. The van der Waals surface area contributed by atoms with E-state index in [4.69, 9.17) is 4.74 Å². The molecule has 2 nitrogen and oxygen atoms in total. The van der Waals surface area contributed by atoms with E-state index >= 15 is 0 Å². The third kappa shape index (κ3) is 3.15. The molecule has 1 saturated carbocycles. The first kappa shape index (κ1) is 12.3. The van der Waals surface area contributed by atoms with Gasteiger partial charge in [0.2, 0.25) is 0 Å². The molecule has 2 unspecified atom stereocenters. The van der Waals surface area contributed by atoms with Crippen molar-refractivity contribution in [3.05, 3.63) is 23.8 Å². The van der Waals surface area contributed by atoms with Gasteiger partial charge < -0.3 is 10.1 Å². The van der Waals surface area contributed by atoms with E-state index < -0.39 is 0 Å². The number of benzene rings is 1. The molecule has 0 saturated heterocycles. The zero-order valence-electron chi connectivity index (χ0n) is 11.1. The second-order valence-corrected chi connectivity index (χ2v) is 5.32. The highest BCUT2D eigenvalue weighted by atomic mass is 16.5. The SMILES string of the molecule is COc1ccc(C)cc1NC1CCCC(C)C1. The van der Waals surface area contributed by atoms with Crippen LogP contribution in [0.15, 0.2) is 18.2 Å². The summed E-state index contributed by atoms with van der Waals surface area (Å²) in [5.41, 5.74) is 2.42. The van der Waals surface area contributed by atoms with Gasteiger partial charge in [0.25, 0.3) is 0 Å². The summed E-state index contributed by atoms with van der Waals surface area (Å²) >= 11 is 0. The number of anilines is 1. The van der Waals surface area contributed by atoms with Crippen molar-refractivity contribution in [2.75, 3.05) is 12.4 Å². The van der Waals surface area contributed by atoms with E-state index in [-0.39, 0.29) is 0 Å². The fourth-order valence-corrected chi connectivity index (χ4v) is 2.72. The van der Waals surface area contributed by atoms with Gasteiger partial charge in [-0.05, 0) is 43.4 Å². The quantitative estimate of drug-likeness (QED) is 0.852. The van der Waals surface area contributed by atoms with E-state index in [2.05, 4.69) is 31.3 Å². The molecule has 0 amide bonds. The Hall–Kier alpha value is -1.18. The predicted molar refractivity (Wildman–Crippen MR) is 72.8 cm³/mol. The molecule has 17 heavy (non-hydrogen) atoms. The molecule has 0 aliphatic heterocycles. The summed E-state index contributed by atoms with van der Waals surface area (Å²) in [6.07, 6.45) is 5.27. The van der Waals surface area contributed by atoms with Crippen LogP contribution in [0.4, 0.5) is 5.69 Å². The highest BCUT2D eigenvalue weighted by molar-refractivity contribution is 5.58. The van der Waals surface area contributed by atoms with Crippen molar-refractivity contribution in [2.45, 2.75) is 45.6 Å². The highest BCUT2D eigenvalue weighted by Crippen LogP contribution is 2.30. The number of rotatable bonds is 3. The largest absolute Gasteiger partial charge is 0.495 e. The number of methoxy groups -OCH3 is 1. The van der Waals surface area contributed by atoms with Crippen molar-refractivity contribution in [2.24, 2.45) is 5.92 Å². The third-order valence-corrected chi connectivity index (χ3v) is 3.65. The van der Waals surface area contributed by atoms with Gasteiger partial charge in [-0.3, -0.25) is 0 Å². The van der Waals surface area contributed by atoms with Crippen LogP contribution >= 0.6 is 0 Å². The Morgan fingerprint density at radius 1 is 1.29 bits per heavy atom. The maximum absolute atomic E-state index is 5.41. The van der Waals surface area contributed by atoms with E-state index in [0.717, 1.165) is 17.4 Å². The number of hydrogen-bond acceptors (Lipinski definition) is 2. The zero-order chi connectivity index (χ0) is 12.3. The van der Waals surface area contributed by atoms with E-state index in [1.165, 1.54) is 31.2 Å². The van der Waals surface area contributed by atoms with Gasteiger partial charge in [0, 0.05) is 6.04 Å². The Bertz CT molecular complexity index is 375. The smallest absolute Gasteiger partial charge is 0.141 e. The third-order valence-electron chi connectivity index (χ3n) is 3.65. The molecule has 1 aromatic rings. The lowest BCUT2D eigenvalue weighted by Crippen LogP contribution is -2.26. The van der Waals surface area contributed by atoms with Crippen LogP contribution in [0.3, 0.4) is 0 Å². The highest BCUT2D eigenvalue weighted by Gasteiger charge is 2.19. The molecule has 1 aliphatic rings. The van der Waals surface area contributed by atoms with E-state index in [0.29, 0.717) is 6.04 Å². The molecule has 0 aromatic heterocycles. The number of ether oxygens (including phenoxy) is 1. The fraction of sp³-hybridized carbons (Fsp3) is 0.600. The molecule has 0 heterocycles. The van der Waals surface area contributed by atoms with Crippen LogP contribution in [0.25, 0.3) is 0 Å². The van der Waals surface area contributed by atoms with Crippen LogP contribution in [-0.2, 0) is 0 Å². The Morgan fingerprint density at radius 2 is 2.12 bits per heavy atom. The maximum Gasteiger partial charge on any atom is 0.141 e. The molecule has 1 N–H and O–H groups in total. The molecule has 2 rings (SSSR count). The average molecular weight is 233 g/mol. The van der Waals surface area contributed by atoms with Gasteiger partial charge >= 0.3 is 0 Å². The molecule has 2 heteroatoms. The maximum atomic E-state index is 5.41. The van der Waals surface area contributed by atoms with E-state index in [1.54, 1.807) is 7.11 Å². The molecular formula is C15H23NO. The molecule has 2 atom stereocenters.